The number of aliphatic carboxylic acids is 1. The van der Waals surface area contributed by atoms with Crippen molar-refractivity contribution in [2.75, 3.05) is 6.54 Å². The van der Waals surface area contributed by atoms with Crippen LogP contribution in [-0.4, -0.2) is 35.3 Å². The smallest absolute Gasteiger partial charge is 0.303 e. The second-order valence-corrected chi connectivity index (χ2v) is 9.80. The lowest BCUT2D eigenvalue weighted by molar-refractivity contribution is -0.137. The molecule has 7 heteroatoms. The maximum atomic E-state index is 13.2. The highest BCUT2D eigenvalue weighted by Crippen LogP contribution is 2.20. The molecule has 1 aromatic carbocycles. The predicted octanol–water partition coefficient (Wildman–Crippen LogP) is 5.04. The van der Waals surface area contributed by atoms with Crippen LogP contribution >= 0.6 is 0 Å². The minimum absolute atomic E-state index is 0.190. The van der Waals surface area contributed by atoms with E-state index in [1.54, 1.807) is 18.3 Å². The van der Waals surface area contributed by atoms with E-state index < -0.39 is 16.0 Å². The van der Waals surface area contributed by atoms with Crippen LogP contribution in [-0.2, 0) is 27.8 Å². The molecule has 0 unspecified atom stereocenters. The quantitative estimate of drug-likeness (QED) is 0.387. The van der Waals surface area contributed by atoms with Gasteiger partial charge in [0.2, 0.25) is 10.0 Å². The minimum atomic E-state index is -3.64. The molecule has 0 spiro atoms. The van der Waals surface area contributed by atoms with Crippen molar-refractivity contribution >= 4 is 16.0 Å². The lowest BCUT2D eigenvalue weighted by Crippen LogP contribution is -2.31. The van der Waals surface area contributed by atoms with Gasteiger partial charge in [-0.2, -0.15) is 4.31 Å². The van der Waals surface area contributed by atoms with Gasteiger partial charge in [0.15, 0.2) is 0 Å². The zero-order valence-corrected chi connectivity index (χ0v) is 19.2. The molecule has 0 radical (unpaired) electrons. The van der Waals surface area contributed by atoms with Gasteiger partial charge in [-0.3, -0.25) is 9.78 Å². The number of rotatable bonds is 15. The van der Waals surface area contributed by atoms with Gasteiger partial charge in [-0.1, -0.05) is 56.9 Å². The number of sulfonamides is 1. The van der Waals surface area contributed by atoms with E-state index in [2.05, 4.69) is 24.0 Å². The third-order valence-corrected chi connectivity index (χ3v) is 7.10. The van der Waals surface area contributed by atoms with Crippen molar-refractivity contribution in [2.45, 2.75) is 76.2 Å². The van der Waals surface area contributed by atoms with Gasteiger partial charge >= 0.3 is 5.97 Å². The molecule has 0 saturated heterocycles. The van der Waals surface area contributed by atoms with E-state index >= 15 is 0 Å². The van der Waals surface area contributed by atoms with Gasteiger partial charge in [-0.05, 0) is 48.9 Å². The van der Waals surface area contributed by atoms with E-state index in [0.717, 1.165) is 50.5 Å². The second kappa shape index (κ2) is 13.2. The molecular formula is C24H34N2O4S. The minimum Gasteiger partial charge on any atom is -0.481 e. The first kappa shape index (κ1) is 25.0. The number of hydrogen-bond donors (Lipinski definition) is 1. The molecule has 2 rings (SSSR count). The summed E-state index contributed by atoms with van der Waals surface area (Å²) in [5.41, 5.74) is 2.24. The normalized spacial score (nSPS) is 11.7. The monoisotopic (exact) mass is 446 g/mol. The van der Waals surface area contributed by atoms with Gasteiger partial charge in [-0.25, -0.2) is 8.42 Å². The SMILES string of the molecule is CCCCc1ccc(CN(CCCCCCCC(=O)O)S(=O)(=O)c2cccnc2)cc1. The number of nitrogens with zero attached hydrogens (tertiary/aromatic N) is 2. The number of unbranched alkanes of at least 4 members (excludes halogenated alkanes) is 5. The fourth-order valence-electron chi connectivity index (χ4n) is 3.42. The Kier molecular flexibility index (Phi) is 10.7. The zero-order valence-electron chi connectivity index (χ0n) is 18.4. The molecule has 1 N–H and O–H groups in total. The Morgan fingerprint density at radius 2 is 1.65 bits per heavy atom. The van der Waals surface area contributed by atoms with Gasteiger partial charge in [0, 0.05) is 31.9 Å². The summed E-state index contributed by atoms with van der Waals surface area (Å²) in [6.45, 7) is 2.92. The highest BCUT2D eigenvalue weighted by atomic mass is 32.2. The topological polar surface area (TPSA) is 87.6 Å². The highest BCUT2D eigenvalue weighted by molar-refractivity contribution is 7.89. The first-order valence-electron chi connectivity index (χ1n) is 11.1. The first-order valence-corrected chi connectivity index (χ1v) is 12.6. The molecule has 0 amide bonds. The number of carboxylic acids is 1. The average molecular weight is 447 g/mol. The molecule has 0 saturated carbocycles. The van der Waals surface area contributed by atoms with Crippen LogP contribution < -0.4 is 0 Å². The summed E-state index contributed by atoms with van der Waals surface area (Å²) in [7, 11) is -3.64. The lowest BCUT2D eigenvalue weighted by Gasteiger charge is -2.22. The molecule has 0 aliphatic rings. The lowest BCUT2D eigenvalue weighted by atomic mass is 10.1. The molecular weight excluding hydrogens is 412 g/mol. The summed E-state index contributed by atoms with van der Waals surface area (Å²) in [4.78, 5) is 14.8. The molecule has 2 aromatic rings. The van der Waals surface area contributed by atoms with E-state index in [0.29, 0.717) is 19.5 Å². The standard InChI is InChI=1S/C24H34N2O4S/c1-2-3-10-21-13-15-22(16-14-21)20-26(18-8-6-4-5-7-12-24(27)28)31(29,30)23-11-9-17-25-19-23/h9,11,13-17,19H,2-8,10,12,18,20H2,1H3,(H,27,28). The maximum absolute atomic E-state index is 13.2. The van der Waals surface area contributed by atoms with Crippen molar-refractivity contribution in [1.29, 1.82) is 0 Å². The van der Waals surface area contributed by atoms with Crippen LogP contribution in [0.15, 0.2) is 53.7 Å². The fourth-order valence-corrected chi connectivity index (χ4v) is 4.85. The number of aromatic nitrogens is 1. The summed E-state index contributed by atoms with van der Waals surface area (Å²) in [6.07, 6.45) is 10.5. The summed E-state index contributed by atoms with van der Waals surface area (Å²) >= 11 is 0. The molecule has 0 fully saturated rings. The van der Waals surface area contributed by atoms with Crippen LogP contribution in [0.5, 0.6) is 0 Å². The molecule has 31 heavy (non-hydrogen) atoms. The second-order valence-electron chi connectivity index (χ2n) is 7.86. The van der Waals surface area contributed by atoms with Crippen molar-refractivity contribution in [3.8, 4) is 0 Å². The third kappa shape index (κ3) is 8.79. The molecule has 0 aliphatic carbocycles. The Labute approximate surface area is 186 Å². The fraction of sp³-hybridized carbons (Fsp3) is 0.500. The van der Waals surface area contributed by atoms with Crippen LogP contribution in [0.3, 0.4) is 0 Å². The van der Waals surface area contributed by atoms with Crippen LogP contribution in [0.25, 0.3) is 0 Å². The third-order valence-electron chi connectivity index (χ3n) is 5.27. The van der Waals surface area contributed by atoms with Crippen LogP contribution in [0.1, 0.15) is 69.4 Å². The van der Waals surface area contributed by atoms with Gasteiger partial charge in [0.1, 0.15) is 4.90 Å². The van der Waals surface area contributed by atoms with Crippen LogP contribution in [0, 0.1) is 0 Å². The maximum Gasteiger partial charge on any atom is 0.303 e. The largest absolute Gasteiger partial charge is 0.481 e. The van der Waals surface area contributed by atoms with E-state index in [1.165, 1.54) is 16.1 Å². The summed E-state index contributed by atoms with van der Waals surface area (Å²) in [6, 6.07) is 11.4. The number of benzene rings is 1. The van der Waals surface area contributed by atoms with Gasteiger partial charge < -0.3 is 5.11 Å². The van der Waals surface area contributed by atoms with Crippen molar-refractivity contribution < 1.29 is 18.3 Å². The average Bonchev–Trinajstić information content (AvgIpc) is 2.77. The van der Waals surface area contributed by atoms with Gasteiger partial charge in [-0.15, -0.1) is 0 Å². The van der Waals surface area contributed by atoms with Crippen LogP contribution in [0.4, 0.5) is 0 Å². The van der Waals surface area contributed by atoms with Crippen molar-refractivity contribution in [2.24, 2.45) is 0 Å². The molecule has 0 atom stereocenters. The van der Waals surface area contributed by atoms with Crippen molar-refractivity contribution in [1.82, 2.24) is 9.29 Å². The van der Waals surface area contributed by atoms with E-state index in [4.69, 9.17) is 5.11 Å². The molecule has 0 aliphatic heterocycles. The molecule has 1 aromatic heterocycles. The summed E-state index contributed by atoms with van der Waals surface area (Å²) < 4.78 is 27.9. The van der Waals surface area contributed by atoms with Crippen molar-refractivity contribution in [3.63, 3.8) is 0 Å². The Bertz CT molecular complexity index is 884. The number of carbonyl (C=O) groups is 1. The van der Waals surface area contributed by atoms with Crippen molar-refractivity contribution in [3.05, 3.63) is 59.9 Å². The number of carboxylic acid groups (broad SMARTS) is 1. The Morgan fingerprint density at radius 3 is 2.29 bits per heavy atom. The molecule has 6 nitrogen and oxygen atoms in total. The van der Waals surface area contributed by atoms with Gasteiger partial charge in [0.05, 0.1) is 0 Å². The van der Waals surface area contributed by atoms with E-state index in [1.807, 2.05) is 12.1 Å². The van der Waals surface area contributed by atoms with E-state index in [9.17, 15) is 13.2 Å². The van der Waals surface area contributed by atoms with Gasteiger partial charge in [0.25, 0.3) is 0 Å². The molecule has 170 valence electrons. The Balaban J connectivity index is 2.01. The van der Waals surface area contributed by atoms with Crippen LogP contribution in [0.2, 0.25) is 0 Å². The van der Waals surface area contributed by atoms with E-state index in [-0.39, 0.29) is 11.3 Å². The first-order chi connectivity index (χ1) is 14.9. The summed E-state index contributed by atoms with van der Waals surface area (Å²) in [5, 5.41) is 8.71. The number of hydrogen-bond acceptors (Lipinski definition) is 4. The number of aryl methyl sites for hydroxylation is 1. The highest BCUT2D eigenvalue weighted by Gasteiger charge is 2.24. The Hall–Kier alpha value is -2.25. The zero-order chi connectivity index (χ0) is 22.5. The number of pyridine rings is 1. The molecule has 1 heterocycles. The molecule has 0 bridgehead atoms. The Morgan fingerprint density at radius 1 is 0.968 bits per heavy atom. The predicted molar refractivity (Wildman–Crippen MR) is 122 cm³/mol. The summed E-state index contributed by atoms with van der Waals surface area (Å²) in [5.74, 6) is -0.769.